The molecule has 0 amide bonds. The average Bonchev–Trinajstić information content (AvgIpc) is 2.38. The van der Waals surface area contributed by atoms with Gasteiger partial charge in [-0.3, -0.25) is 0 Å². The Kier molecular flexibility index (Phi) is 4.28. The van der Waals surface area contributed by atoms with Crippen LogP contribution in [0.15, 0.2) is 42.5 Å². The van der Waals surface area contributed by atoms with E-state index in [2.05, 4.69) is 0 Å². The zero-order valence-corrected chi connectivity index (χ0v) is 11.5. The molecular formula is C14H12BClF3O-. The molecule has 1 nitrogen and oxygen atoms in total. The number of benzene rings is 2. The van der Waals surface area contributed by atoms with E-state index in [-0.39, 0.29) is 6.61 Å². The Hall–Kier alpha value is -1.62. The quantitative estimate of drug-likeness (QED) is 0.766. The van der Waals surface area contributed by atoms with Crippen LogP contribution in [-0.2, 0) is 6.61 Å². The highest BCUT2D eigenvalue weighted by molar-refractivity contribution is 6.73. The topological polar surface area (TPSA) is 9.23 Å². The number of halogens is 4. The second kappa shape index (κ2) is 5.79. The minimum absolute atomic E-state index is 0.219. The molecule has 0 aliphatic carbocycles. The van der Waals surface area contributed by atoms with Gasteiger partial charge in [-0.2, -0.15) is 0 Å². The molecule has 2 aromatic carbocycles. The molecule has 0 saturated heterocycles. The standard InChI is InChI=1S/C14H12BClF3O/c1-10-8-12(15(17,18)19)6-7-14(10)20-9-11-4-2-3-5-13(11)16/h2-8H,9H2,1H3/q-1. The maximum atomic E-state index is 12.6. The highest BCUT2D eigenvalue weighted by Gasteiger charge is 2.25. The van der Waals surface area contributed by atoms with Crippen LogP contribution in [0, 0.1) is 6.92 Å². The Morgan fingerprint density at radius 3 is 2.40 bits per heavy atom. The first-order chi connectivity index (χ1) is 9.38. The number of hydrogen-bond donors (Lipinski definition) is 0. The number of ether oxygens (including phenoxy) is 1. The van der Waals surface area contributed by atoms with Gasteiger partial charge in [-0.05, 0) is 24.6 Å². The fourth-order valence-corrected chi connectivity index (χ4v) is 2.00. The molecule has 2 aromatic rings. The SMILES string of the molecule is Cc1cc([B-](F)(F)F)ccc1OCc1ccccc1Cl. The first kappa shape index (κ1) is 14.8. The molecule has 106 valence electrons. The predicted octanol–water partition coefficient (Wildman–Crippen LogP) is 4.28. The summed E-state index contributed by atoms with van der Waals surface area (Å²) < 4.78 is 43.3. The molecule has 0 bridgehead atoms. The molecular weight excluding hydrogens is 287 g/mol. The number of hydrogen-bond acceptors (Lipinski definition) is 1. The molecule has 0 aromatic heterocycles. The highest BCUT2D eigenvalue weighted by atomic mass is 35.5. The molecule has 0 fully saturated rings. The van der Waals surface area contributed by atoms with Crippen molar-refractivity contribution in [3.63, 3.8) is 0 Å². The molecule has 0 aliphatic heterocycles. The van der Waals surface area contributed by atoms with Gasteiger partial charge in [0, 0.05) is 10.6 Å². The van der Waals surface area contributed by atoms with Crippen LogP contribution in [0.25, 0.3) is 0 Å². The molecule has 0 heterocycles. The molecule has 0 unspecified atom stereocenters. The van der Waals surface area contributed by atoms with Crippen molar-refractivity contribution in [3.05, 3.63) is 58.6 Å². The lowest BCUT2D eigenvalue weighted by atomic mass is 9.79. The fourth-order valence-electron chi connectivity index (χ4n) is 1.81. The maximum absolute atomic E-state index is 12.6. The summed E-state index contributed by atoms with van der Waals surface area (Å²) in [4.78, 5) is 0. The van der Waals surface area contributed by atoms with Gasteiger partial charge in [0.1, 0.15) is 12.4 Å². The summed E-state index contributed by atoms with van der Waals surface area (Å²) in [5, 5.41) is 0.570. The lowest BCUT2D eigenvalue weighted by molar-refractivity contribution is 0.304. The van der Waals surface area contributed by atoms with Gasteiger partial charge in [-0.15, -0.1) is 5.46 Å². The normalized spacial score (nSPS) is 11.4. The van der Waals surface area contributed by atoms with E-state index in [0.717, 1.165) is 17.7 Å². The summed E-state index contributed by atoms with van der Waals surface area (Å²) in [6.07, 6.45) is 0. The van der Waals surface area contributed by atoms with Gasteiger partial charge in [0.25, 0.3) is 0 Å². The summed E-state index contributed by atoms with van der Waals surface area (Å²) in [7, 11) is 0. The Morgan fingerprint density at radius 2 is 1.80 bits per heavy atom. The van der Waals surface area contributed by atoms with E-state index in [4.69, 9.17) is 16.3 Å². The van der Waals surface area contributed by atoms with Crippen molar-refractivity contribution in [1.29, 1.82) is 0 Å². The van der Waals surface area contributed by atoms with E-state index in [0.29, 0.717) is 16.3 Å². The third-order valence-corrected chi connectivity index (χ3v) is 3.29. The number of rotatable bonds is 4. The van der Waals surface area contributed by atoms with Gasteiger partial charge in [0.15, 0.2) is 0 Å². The van der Waals surface area contributed by atoms with E-state index in [9.17, 15) is 12.9 Å². The van der Waals surface area contributed by atoms with Gasteiger partial charge in [-0.25, -0.2) is 0 Å². The lowest BCUT2D eigenvalue weighted by Crippen LogP contribution is -2.34. The van der Waals surface area contributed by atoms with Crippen LogP contribution < -0.4 is 10.2 Å². The smallest absolute Gasteiger partial charge is 0.489 e. The van der Waals surface area contributed by atoms with Crippen molar-refractivity contribution in [2.45, 2.75) is 13.5 Å². The Balaban J connectivity index is 2.13. The Morgan fingerprint density at radius 1 is 1.10 bits per heavy atom. The van der Waals surface area contributed by atoms with Gasteiger partial charge < -0.3 is 17.7 Å². The van der Waals surface area contributed by atoms with E-state index in [1.54, 1.807) is 19.1 Å². The molecule has 2 rings (SSSR count). The molecule has 0 spiro atoms. The van der Waals surface area contributed by atoms with Crippen LogP contribution in [0.4, 0.5) is 12.9 Å². The van der Waals surface area contributed by atoms with Gasteiger partial charge >= 0.3 is 6.98 Å². The molecule has 0 radical (unpaired) electrons. The van der Waals surface area contributed by atoms with Crippen molar-refractivity contribution in [2.24, 2.45) is 0 Å². The molecule has 0 aliphatic rings. The largest absolute Gasteiger partial charge is 0.509 e. The zero-order valence-electron chi connectivity index (χ0n) is 10.7. The van der Waals surface area contributed by atoms with Crippen molar-refractivity contribution in [3.8, 4) is 5.75 Å². The Bertz CT molecular complexity index is 614. The number of aryl methyl sites for hydroxylation is 1. The maximum Gasteiger partial charge on any atom is 0.509 e. The second-order valence-corrected chi connectivity index (χ2v) is 4.89. The van der Waals surface area contributed by atoms with E-state index in [1.165, 1.54) is 6.07 Å². The van der Waals surface area contributed by atoms with E-state index < -0.39 is 12.4 Å². The summed E-state index contributed by atoms with van der Waals surface area (Å²) in [5.74, 6) is 0.425. The predicted molar refractivity (Wildman–Crippen MR) is 75.7 cm³/mol. The summed E-state index contributed by atoms with van der Waals surface area (Å²) in [5.41, 5.74) is 0.624. The van der Waals surface area contributed by atoms with Crippen LogP contribution in [-0.4, -0.2) is 6.98 Å². The third kappa shape index (κ3) is 3.48. The van der Waals surface area contributed by atoms with Gasteiger partial charge in [0.05, 0.1) is 0 Å². The van der Waals surface area contributed by atoms with Crippen LogP contribution in [0.2, 0.25) is 5.02 Å². The van der Waals surface area contributed by atoms with Crippen molar-refractivity contribution in [1.82, 2.24) is 0 Å². The van der Waals surface area contributed by atoms with Crippen molar-refractivity contribution >= 4 is 24.0 Å². The summed E-state index contributed by atoms with van der Waals surface area (Å²) in [6.45, 7) is -3.17. The molecule has 6 heteroatoms. The van der Waals surface area contributed by atoms with Crippen LogP contribution in [0.3, 0.4) is 0 Å². The Labute approximate surface area is 120 Å². The first-order valence-corrected chi connectivity index (χ1v) is 6.42. The minimum atomic E-state index is -4.98. The van der Waals surface area contributed by atoms with E-state index >= 15 is 0 Å². The van der Waals surface area contributed by atoms with Crippen LogP contribution in [0.5, 0.6) is 5.75 Å². The molecule has 0 saturated carbocycles. The highest BCUT2D eigenvalue weighted by Crippen LogP contribution is 2.22. The second-order valence-electron chi connectivity index (χ2n) is 4.48. The third-order valence-electron chi connectivity index (χ3n) is 2.92. The van der Waals surface area contributed by atoms with Crippen LogP contribution >= 0.6 is 11.6 Å². The molecule has 20 heavy (non-hydrogen) atoms. The van der Waals surface area contributed by atoms with Crippen molar-refractivity contribution in [2.75, 3.05) is 0 Å². The zero-order chi connectivity index (χ0) is 14.8. The monoisotopic (exact) mass is 299 g/mol. The summed E-state index contributed by atoms with van der Waals surface area (Å²) in [6, 6.07) is 10.7. The van der Waals surface area contributed by atoms with Crippen molar-refractivity contribution < 1.29 is 17.7 Å². The average molecular weight is 300 g/mol. The lowest BCUT2D eigenvalue weighted by Gasteiger charge is -2.17. The fraction of sp³-hybridized carbons (Fsp3) is 0.143. The first-order valence-electron chi connectivity index (χ1n) is 6.04. The molecule has 0 N–H and O–H groups in total. The molecule has 0 atom stereocenters. The van der Waals surface area contributed by atoms with Gasteiger partial charge in [-0.1, -0.05) is 41.9 Å². The minimum Gasteiger partial charge on any atom is -0.489 e. The van der Waals surface area contributed by atoms with E-state index in [1.807, 2.05) is 12.1 Å². The van der Waals surface area contributed by atoms with Gasteiger partial charge in [0.2, 0.25) is 0 Å². The summed E-state index contributed by atoms with van der Waals surface area (Å²) >= 11 is 5.99. The van der Waals surface area contributed by atoms with Crippen LogP contribution in [0.1, 0.15) is 11.1 Å².